The van der Waals surface area contributed by atoms with E-state index in [2.05, 4.69) is 58.7 Å². The van der Waals surface area contributed by atoms with E-state index in [1.807, 2.05) is 6.07 Å². The molecule has 20 heavy (non-hydrogen) atoms. The molecule has 0 amide bonds. The highest BCUT2D eigenvalue weighted by molar-refractivity contribution is 5.63. The van der Waals surface area contributed by atoms with Gasteiger partial charge in [-0.05, 0) is 16.7 Å². The number of hydrogen-bond acceptors (Lipinski definition) is 3. The molecule has 0 saturated carbocycles. The number of hydrogen-bond donors (Lipinski definition) is 2. The Labute approximate surface area is 120 Å². The molecular weight excluding hydrogens is 246 g/mol. The summed E-state index contributed by atoms with van der Waals surface area (Å²) in [4.78, 5) is 2.33. The van der Waals surface area contributed by atoms with E-state index in [0.29, 0.717) is 0 Å². The summed E-state index contributed by atoms with van der Waals surface area (Å²) in [5.41, 5.74) is 10.0. The van der Waals surface area contributed by atoms with E-state index in [0.717, 1.165) is 26.2 Å². The van der Waals surface area contributed by atoms with Crippen molar-refractivity contribution in [2.24, 2.45) is 5.73 Å². The molecule has 1 aliphatic rings. The Balaban J connectivity index is 1.75. The average Bonchev–Trinajstić information content (AvgIpc) is 2.56. The van der Waals surface area contributed by atoms with E-state index < -0.39 is 0 Å². The molecule has 1 fully saturated rings. The molecule has 3 nitrogen and oxygen atoms in total. The van der Waals surface area contributed by atoms with Crippen molar-refractivity contribution >= 4 is 0 Å². The fourth-order valence-electron chi connectivity index (χ4n) is 2.67. The van der Waals surface area contributed by atoms with Crippen LogP contribution >= 0.6 is 0 Å². The van der Waals surface area contributed by atoms with Crippen LogP contribution in [-0.2, 0) is 0 Å². The van der Waals surface area contributed by atoms with Crippen LogP contribution in [0, 0.1) is 0 Å². The summed E-state index contributed by atoms with van der Waals surface area (Å²) in [6, 6.07) is 19.0. The topological polar surface area (TPSA) is 41.3 Å². The highest BCUT2D eigenvalue weighted by Crippen LogP contribution is 2.22. The fourth-order valence-corrected chi connectivity index (χ4v) is 2.67. The van der Waals surface area contributed by atoms with Crippen LogP contribution in [0.5, 0.6) is 0 Å². The lowest BCUT2D eigenvalue weighted by molar-refractivity contribution is 0.177. The Morgan fingerprint density at radius 1 is 0.850 bits per heavy atom. The summed E-state index contributed by atoms with van der Waals surface area (Å²) in [5, 5.41) is 3.35. The van der Waals surface area contributed by atoms with Crippen LogP contribution in [0.2, 0.25) is 0 Å². The summed E-state index contributed by atoms with van der Waals surface area (Å²) in [6.07, 6.45) is 0.00178. The normalized spacial score (nSPS) is 17.9. The molecule has 0 aromatic heterocycles. The molecule has 0 radical (unpaired) electrons. The molecular formula is C17H21N3. The first-order valence-electron chi connectivity index (χ1n) is 7.20. The number of benzene rings is 2. The van der Waals surface area contributed by atoms with Crippen molar-refractivity contribution in [2.45, 2.75) is 6.17 Å². The quantitative estimate of drug-likeness (QED) is 0.896. The van der Waals surface area contributed by atoms with Crippen molar-refractivity contribution in [3.63, 3.8) is 0 Å². The zero-order chi connectivity index (χ0) is 13.8. The Hall–Kier alpha value is -1.68. The molecule has 3 N–H and O–H groups in total. The van der Waals surface area contributed by atoms with Gasteiger partial charge in [-0.15, -0.1) is 0 Å². The van der Waals surface area contributed by atoms with Gasteiger partial charge in [0, 0.05) is 26.2 Å². The van der Waals surface area contributed by atoms with Crippen molar-refractivity contribution in [3.8, 4) is 11.1 Å². The fraction of sp³-hybridized carbons (Fsp3) is 0.294. The van der Waals surface area contributed by atoms with Gasteiger partial charge in [0.05, 0.1) is 6.17 Å². The lowest BCUT2D eigenvalue weighted by Gasteiger charge is -2.32. The van der Waals surface area contributed by atoms with Gasteiger partial charge in [-0.3, -0.25) is 4.90 Å². The molecule has 1 unspecified atom stereocenters. The van der Waals surface area contributed by atoms with Gasteiger partial charge >= 0.3 is 0 Å². The Morgan fingerprint density at radius 3 is 2.10 bits per heavy atom. The van der Waals surface area contributed by atoms with Gasteiger partial charge in [0.1, 0.15) is 0 Å². The maximum atomic E-state index is 6.36. The standard InChI is InChI=1S/C17H21N3/c18-17(20-12-10-19-11-13-20)16-8-6-15(7-9-16)14-4-2-1-3-5-14/h1-9,17,19H,10-13,18H2. The number of piperazine rings is 1. The van der Waals surface area contributed by atoms with Gasteiger partial charge in [-0.25, -0.2) is 0 Å². The number of rotatable bonds is 3. The third-order valence-corrected chi connectivity index (χ3v) is 3.90. The van der Waals surface area contributed by atoms with E-state index in [-0.39, 0.29) is 6.17 Å². The van der Waals surface area contributed by atoms with E-state index in [9.17, 15) is 0 Å². The average molecular weight is 267 g/mol. The highest BCUT2D eigenvalue weighted by Gasteiger charge is 2.18. The van der Waals surface area contributed by atoms with Gasteiger partial charge in [0.25, 0.3) is 0 Å². The highest BCUT2D eigenvalue weighted by atomic mass is 15.3. The van der Waals surface area contributed by atoms with Gasteiger partial charge in [-0.2, -0.15) is 0 Å². The Bertz CT molecular complexity index is 530. The van der Waals surface area contributed by atoms with Crippen LogP contribution in [0.15, 0.2) is 54.6 Å². The first-order valence-corrected chi connectivity index (χ1v) is 7.20. The second-order valence-electron chi connectivity index (χ2n) is 5.22. The Kier molecular flexibility index (Phi) is 4.11. The minimum atomic E-state index is 0.00178. The monoisotopic (exact) mass is 267 g/mol. The number of nitrogens with two attached hydrogens (primary N) is 1. The van der Waals surface area contributed by atoms with Crippen molar-refractivity contribution in [1.82, 2.24) is 10.2 Å². The summed E-state index contributed by atoms with van der Waals surface area (Å²) in [7, 11) is 0. The summed E-state index contributed by atoms with van der Waals surface area (Å²) in [5.74, 6) is 0. The number of nitrogens with one attached hydrogen (secondary N) is 1. The van der Waals surface area contributed by atoms with E-state index in [1.165, 1.54) is 16.7 Å². The molecule has 0 bridgehead atoms. The van der Waals surface area contributed by atoms with Crippen LogP contribution in [0.1, 0.15) is 11.7 Å². The largest absolute Gasteiger partial charge is 0.314 e. The van der Waals surface area contributed by atoms with Gasteiger partial charge in [-0.1, -0.05) is 54.6 Å². The van der Waals surface area contributed by atoms with E-state index >= 15 is 0 Å². The third-order valence-electron chi connectivity index (χ3n) is 3.90. The summed E-state index contributed by atoms with van der Waals surface area (Å²) >= 11 is 0. The molecule has 0 spiro atoms. The van der Waals surface area contributed by atoms with Crippen LogP contribution < -0.4 is 11.1 Å². The van der Waals surface area contributed by atoms with Crippen molar-refractivity contribution in [2.75, 3.05) is 26.2 Å². The van der Waals surface area contributed by atoms with Crippen LogP contribution in [0.4, 0.5) is 0 Å². The zero-order valence-corrected chi connectivity index (χ0v) is 11.6. The molecule has 1 heterocycles. The SMILES string of the molecule is NC(c1ccc(-c2ccccc2)cc1)N1CCNCC1. The van der Waals surface area contributed by atoms with E-state index in [4.69, 9.17) is 5.73 Å². The Morgan fingerprint density at radius 2 is 1.45 bits per heavy atom. The molecule has 2 aromatic carbocycles. The molecule has 3 heteroatoms. The van der Waals surface area contributed by atoms with Crippen LogP contribution in [0.25, 0.3) is 11.1 Å². The van der Waals surface area contributed by atoms with Crippen molar-refractivity contribution in [1.29, 1.82) is 0 Å². The lowest BCUT2D eigenvalue weighted by Crippen LogP contribution is -2.47. The van der Waals surface area contributed by atoms with Crippen molar-refractivity contribution < 1.29 is 0 Å². The van der Waals surface area contributed by atoms with Crippen molar-refractivity contribution in [3.05, 3.63) is 60.2 Å². The lowest BCUT2D eigenvalue weighted by atomic mass is 10.0. The van der Waals surface area contributed by atoms with E-state index in [1.54, 1.807) is 0 Å². The molecule has 104 valence electrons. The predicted octanol–water partition coefficient (Wildman–Crippen LogP) is 2.22. The first kappa shape index (κ1) is 13.3. The van der Waals surface area contributed by atoms with Gasteiger partial charge in [0.15, 0.2) is 0 Å². The molecule has 2 aromatic rings. The molecule has 3 rings (SSSR count). The second-order valence-corrected chi connectivity index (χ2v) is 5.22. The van der Waals surface area contributed by atoms with Crippen LogP contribution in [-0.4, -0.2) is 31.1 Å². The third kappa shape index (κ3) is 2.90. The van der Waals surface area contributed by atoms with Crippen LogP contribution in [0.3, 0.4) is 0 Å². The molecule has 1 atom stereocenters. The van der Waals surface area contributed by atoms with Gasteiger partial charge < -0.3 is 11.1 Å². The minimum Gasteiger partial charge on any atom is -0.314 e. The maximum absolute atomic E-state index is 6.36. The molecule has 1 saturated heterocycles. The smallest absolute Gasteiger partial charge is 0.0836 e. The maximum Gasteiger partial charge on any atom is 0.0836 e. The molecule has 1 aliphatic heterocycles. The second kappa shape index (κ2) is 6.18. The zero-order valence-electron chi connectivity index (χ0n) is 11.6. The summed E-state index contributed by atoms with van der Waals surface area (Å²) < 4.78 is 0. The first-order chi connectivity index (χ1) is 9.84. The molecule has 0 aliphatic carbocycles. The minimum absolute atomic E-state index is 0.00178. The van der Waals surface area contributed by atoms with Gasteiger partial charge in [0.2, 0.25) is 0 Å². The summed E-state index contributed by atoms with van der Waals surface area (Å²) in [6.45, 7) is 4.08. The predicted molar refractivity (Wildman–Crippen MR) is 83.2 cm³/mol. The number of nitrogens with zero attached hydrogens (tertiary/aromatic N) is 1.